The number of hydrogen-bond donors (Lipinski definition) is 2. The Bertz CT molecular complexity index is 1630. The summed E-state index contributed by atoms with van der Waals surface area (Å²) in [6, 6.07) is 21.6. The molecule has 10 heteroatoms. The summed E-state index contributed by atoms with van der Waals surface area (Å²) in [5, 5.41) is 21.8. The number of benzene rings is 3. The normalized spacial score (nSPS) is 12.0. The van der Waals surface area contributed by atoms with E-state index in [-0.39, 0.29) is 25.4 Å². The van der Waals surface area contributed by atoms with Crippen molar-refractivity contribution in [1.29, 1.82) is 5.26 Å². The number of nitrogens with one attached hydrogen (secondary N) is 1. The third kappa shape index (κ3) is 6.81. The van der Waals surface area contributed by atoms with Gasteiger partial charge in [-0.05, 0) is 48.0 Å². The van der Waals surface area contributed by atoms with Gasteiger partial charge in [-0.2, -0.15) is 5.26 Å². The topological polar surface area (TPSA) is 115 Å². The van der Waals surface area contributed by atoms with Crippen molar-refractivity contribution < 1.29 is 24.1 Å². The SMILES string of the molecule is N#Cc1cccc(COc2cc(OCc3cccn(-c4ccc5c(c4)OCCO5)c3=O)c(Cl)cc2CNCCO)c1. The first-order chi connectivity index (χ1) is 20.1. The highest BCUT2D eigenvalue weighted by Gasteiger charge is 2.16. The van der Waals surface area contributed by atoms with Crippen molar-refractivity contribution >= 4 is 11.6 Å². The quantitative estimate of drug-likeness (QED) is 0.254. The van der Waals surface area contributed by atoms with E-state index in [1.54, 1.807) is 66.9 Å². The van der Waals surface area contributed by atoms with E-state index in [1.165, 1.54) is 4.57 Å². The van der Waals surface area contributed by atoms with Crippen molar-refractivity contribution in [2.45, 2.75) is 19.8 Å². The zero-order valence-corrected chi connectivity index (χ0v) is 22.9. The standard InChI is InChI=1S/C31H28ClN3O6/c32-26-14-24(18-34-8-10-36)28(40-19-22-4-1-3-21(13-22)17-33)16-29(26)41-20-23-5-2-9-35(31(23)37)25-6-7-27-30(15-25)39-12-11-38-27/h1-7,9,13-16,34,36H,8,10-12,18-20H2. The fourth-order valence-electron chi connectivity index (χ4n) is 4.34. The van der Waals surface area contributed by atoms with E-state index >= 15 is 0 Å². The summed E-state index contributed by atoms with van der Waals surface area (Å²) >= 11 is 6.57. The van der Waals surface area contributed by atoms with Gasteiger partial charge in [0.2, 0.25) is 0 Å². The molecule has 210 valence electrons. The largest absolute Gasteiger partial charge is 0.488 e. The average molecular weight is 574 g/mol. The van der Waals surface area contributed by atoms with Gasteiger partial charge in [0.25, 0.3) is 5.56 Å². The van der Waals surface area contributed by atoms with Crippen LogP contribution in [0.25, 0.3) is 5.69 Å². The van der Waals surface area contributed by atoms with E-state index in [2.05, 4.69) is 11.4 Å². The second kappa shape index (κ2) is 13.2. The fraction of sp³-hybridized carbons (Fsp3) is 0.226. The third-order valence-electron chi connectivity index (χ3n) is 6.38. The van der Waals surface area contributed by atoms with Crippen molar-refractivity contribution in [3.63, 3.8) is 0 Å². The van der Waals surface area contributed by atoms with E-state index in [0.717, 1.165) is 11.1 Å². The summed E-state index contributed by atoms with van der Waals surface area (Å²) in [6.45, 7) is 1.96. The average Bonchev–Trinajstić information content (AvgIpc) is 3.00. The number of nitriles is 1. The molecule has 1 aromatic heterocycles. The molecule has 9 nitrogen and oxygen atoms in total. The maximum atomic E-state index is 13.3. The van der Waals surface area contributed by atoms with Crippen molar-refractivity contribution in [2.75, 3.05) is 26.4 Å². The minimum absolute atomic E-state index is 0.00701. The molecule has 0 aliphatic carbocycles. The van der Waals surface area contributed by atoms with Crippen LogP contribution < -0.4 is 29.8 Å². The lowest BCUT2D eigenvalue weighted by Crippen LogP contribution is -2.23. The van der Waals surface area contributed by atoms with Crippen LogP contribution in [0.5, 0.6) is 23.0 Å². The predicted molar refractivity (Wildman–Crippen MR) is 153 cm³/mol. The fourth-order valence-corrected chi connectivity index (χ4v) is 4.58. The second-order valence-electron chi connectivity index (χ2n) is 9.22. The van der Waals surface area contributed by atoms with Crippen LogP contribution in [0.3, 0.4) is 0 Å². The number of fused-ring (bicyclic) bond motifs is 1. The molecule has 2 heterocycles. The van der Waals surface area contributed by atoms with Gasteiger partial charge in [-0.25, -0.2) is 0 Å². The van der Waals surface area contributed by atoms with E-state index < -0.39 is 0 Å². The van der Waals surface area contributed by atoms with Gasteiger partial charge >= 0.3 is 0 Å². The molecule has 0 unspecified atom stereocenters. The van der Waals surface area contributed by atoms with Gasteiger partial charge in [0.15, 0.2) is 11.5 Å². The maximum absolute atomic E-state index is 13.3. The summed E-state index contributed by atoms with van der Waals surface area (Å²) in [5.74, 6) is 2.12. The monoisotopic (exact) mass is 573 g/mol. The smallest absolute Gasteiger partial charge is 0.261 e. The molecule has 1 aliphatic heterocycles. The Balaban J connectivity index is 1.36. The summed E-state index contributed by atoms with van der Waals surface area (Å²) in [6.07, 6.45) is 1.69. The Hall–Kier alpha value is -4.49. The Kier molecular flexibility index (Phi) is 9.06. The summed E-state index contributed by atoms with van der Waals surface area (Å²) < 4.78 is 24.9. The number of halogens is 1. The molecule has 0 amide bonds. The Morgan fingerprint density at radius 2 is 1.78 bits per heavy atom. The molecule has 1 aliphatic rings. The number of aliphatic hydroxyl groups excluding tert-OH is 1. The molecule has 0 fully saturated rings. The lowest BCUT2D eigenvalue weighted by molar-refractivity contribution is 0.171. The van der Waals surface area contributed by atoms with Gasteiger partial charge < -0.3 is 29.4 Å². The Labute approximate surface area is 242 Å². The summed E-state index contributed by atoms with van der Waals surface area (Å²) in [4.78, 5) is 13.3. The van der Waals surface area contributed by atoms with Gasteiger partial charge in [0, 0.05) is 37.0 Å². The van der Waals surface area contributed by atoms with Gasteiger partial charge in [0.05, 0.1) is 34.5 Å². The molecular weight excluding hydrogens is 546 g/mol. The molecule has 0 atom stereocenters. The second-order valence-corrected chi connectivity index (χ2v) is 9.62. The molecule has 0 saturated heterocycles. The summed E-state index contributed by atoms with van der Waals surface area (Å²) in [5.41, 5.74) is 2.99. The first-order valence-electron chi connectivity index (χ1n) is 13.0. The Morgan fingerprint density at radius 3 is 2.61 bits per heavy atom. The first-order valence-corrected chi connectivity index (χ1v) is 13.4. The highest BCUT2D eigenvalue weighted by Crippen LogP contribution is 2.34. The Morgan fingerprint density at radius 1 is 0.951 bits per heavy atom. The lowest BCUT2D eigenvalue weighted by Gasteiger charge is -2.19. The van der Waals surface area contributed by atoms with Crippen molar-refractivity contribution in [3.8, 4) is 34.8 Å². The van der Waals surface area contributed by atoms with E-state index in [1.807, 2.05) is 6.07 Å². The van der Waals surface area contributed by atoms with Crippen LogP contribution in [0.15, 0.2) is 77.7 Å². The molecule has 2 N–H and O–H groups in total. The van der Waals surface area contributed by atoms with Crippen LogP contribution in [0.1, 0.15) is 22.3 Å². The minimum atomic E-state index is -0.237. The number of pyridine rings is 1. The molecule has 0 bridgehead atoms. The molecule has 0 saturated carbocycles. The van der Waals surface area contributed by atoms with E-state index in [9.17, 15) is 10.1 Å². The number of hydrogen-bond acceptors (Lipinski definition) is 8. The van der Waals surface area contributed by atoms with E-state index in [4.69, 9.17) is 35.7 Å². The molecular formula is C31H28ClN3O6. The van der Waals surface area contributed by atoms with E-state index in [0.29, 0.717) is 71.1 Å². The maximum Gasteiger partial charge on any atom is 0.261 e. The molecule has 0 spiro atoms. The van der Waals surface area contributed by atoms with Crippen molar-refractivity contribution in [1.82, 2.24) is 9.88 Å². The molecule has 3 aromatic carbocycles. The molecule has 41 heavy (non-hydrogen) atoms. The van der Waals surface area contributed by atoms with Crippen LogP contribution in [0, 0.1) is 11.3 Å². The highest BCUT2D eigenvalue weighted by atomic mass is 35.5. The molecule has 5 rings (SSSR count). The van der Waals surface area contributed by atoms with Gasteiger partial charge in [0.1, 0.15) is 37.9 Å². The molecule has 4 aromatic rings. The number of rotatable bonds is 11. The van der Waals surface area contributed by atoms with Gasteiger partial charge in [-0.1, -0.05) is 23.7 Å². The molecule has 0 radical (unpaired) electrons. The zero-order valence-electron chi connectivity index (χ0n) is 22.1. The van der Waals surface area contributed by atoms with Crippen LogP contribution in [0.4, 0.5) is 0 Å². The van der Waals surface area contributed by atoms with Crippen LogP contribution in [0.2, 0.25) is 5.02 Å². The number of aromatic nitrogens is 1. The number of aliphatic hydroxyl groups is 1. The predicted octanol–water partition coefficient (Wildman–Crippen LogP) is 4.37. The van der Waals surface area contributed by atoms with Gasteiger partial charge in [-0.15, -0.1) is 0 Å². The van der Waals surface area contributed by atoms with Crippen LogP contribution in [-0.4, -0.2) is 36.0 Å². The first kappa shape index (κ1) is 28.1. The van der Waals surface area contributed by atoms with Crippen molar-refractivity contribution in [2.24, 2.45) is 0 Å². The third-order valence-corrected chi connectivity index (χ3v) is 6.68. The van der Waals surface area contributed by atoms with Gasteiger partial charge in [-0.3, -0.25) is 9.36 Å². The number of ether oxygens (including phenoxy) is 4. The lowest BCUT2D eigenvalue weighted by atomic mass is 10.1. The highest BCUT2D eigenvalue weighted by molar-refractivity contribution is 6.32. The summed E-state index contributed by atoms with van der Waals surface area (Å²) in [7, 11) is 0. The van der Waals surface area contributed by atoms with Crippen LogP contribution >= 0.6 is 11.6 Å². The van der Waals surface area contributed by atoms with Crippen molar-refractivity contribution in [3.05, 3.63) is 111 Å². The van der Waals surface area contributed by atoms with Crippen LogP contribution in [-0.2, 0) is 19.8 Å². The number of nitrogens with zero attached hydrogens (tertiary/aromatic N) is 2. The zero-order chi connectivity index (χ0) is 28.6. The minimum Gasteiger partial charge on any atom is -0.488 e.